The van der Waals surface area contributed by atoms with E-state index in [0.717, 1.165) is 11.1 Å². The van der Waals surface area contributed by atoms with Gasteiger partial charge in [0.25, 0.3) is 0 Å². The van der Waals surface area contributed by atoms with Crippen LogP contribution in [0.5, 0.6) is 0 Å². The van der Waals surface area contributed by atoms with Crippen LogP contribution in [0, 0.1) is 19.7 Å². The van der Waals surface area contributed by atoms with Gasteiger partial charge in [-0.25, -0.2) is 4.39 Å². The van der Waals surface area contributed by atoms with Crippen LogP contribution in [0.4, 0.5) is 4.39 Å². The van der Waals surface area contributed by atoms with Crippen molar-refractivity contribution < 1.29 is 9.18 Å². The lowest BCUT2D eigenvalue weighted by Crippen LogP contribution is -2.02. The molecule has 0 spiro atoms. The zero-order valence-electron chi connectivity index (χ0n) is 8.15. The summed E-state index contributed by atoms with van der Waals surface area (Å²) in [6.45, 7) is 5.14. The molecule has 1 aromatic carbocycles. The molecule has 0 heterocycles. The molecule has 13 heavy (non-hydrogen) atoms. The molecule has 0 fully saturated rings. The third kappa shape index (κ3) is 2.38. The summed E-state index contributed by atoms with van der Waals surface area (Å²) in [5.41, 5.74) is 2.27. The van der Waals surface area contributed by atoms with Crippen molar-refractivity contribution in [1.29, 1.82) is 0 Å². The van der Waals surface area contributed by atoms with E-state index in [0.29, 0.717) is 5.56 Å². The van der Waals surface area contributed by atoms with Gasteiger partial charge >= 0.3 is 0 Å². The fourth-order valence-electron chi connectivity index (χ4n) is 1.42. The third-order valence-corrected chi connectivity index (χ3v) is 1.99. The lowest BCUT2D eigenvalue weighted by molar-refractivity contribution is -0.116. The average Bonchev–Trinajstić information content (AvgIpc) is 1.96. The van der Waals surface area contributed by atoms with Gasteiger partial charge in [-0.05, 0) is 43.5 Å². The number of carbonyl (C=O) groups excluding carboxylic acids is 1. The molecule has 2 heteroatoms. The van der Waals surface area contributed by atoms with Crippen LogP contribution in [0.15, 0.2) is 12.1 Å². The highest BCUT2D eigenvalue weighted by Crippen LogP contribution is 2.16. The van der Waals surface area contributed by atoms with Gasteiger partial charge in [-0.2, -0.15) is 0 Å². The van der Waals surface area contributed by atoms with E-state index in [4.69, 9.17) is 0 Å². The van der Waals surface area contributed by atoms with Crippen LogP contribution in [0.2, 0.25) is 0 Å². The average molecular weight is 180 g/mol. The van der Waals surface area contributed by atoms with Crippen LogP contribution in [0.3, 0.4) is 0 Å². The topological polar surface area (TPSA) is 17.1 Å². The maximum Gasteiger partial charge on any atom is 0.134 e. The molecule has 0 aliphatic rings. The maximum absolute atomic E-state index is 13.3. The molecule has 0 saturated heterocycles. The Hall–Kier alpha value is -1.18. The van der Waals surface area contributed by atoms with Crippen molar-refractivity contribution in [3.63, 3.8) is 0 Å². The molecule has 0 bridgehead atoms. The van der Waals surface area contributed by atoms with Crippen LogP contribution in [0.25, 0.3) is 0 Å². The van der Waals surface area contributed by atoms with Gasteiger partial charge in [0, 0.05) is 6.42 Å². The molecule has 0 aliphatic heterocycles. The molecule has 0 aromatic heterocycles. The number of aryl methyl sites for hydroxylation is 2. The molecule has 0 aliphatic carbocycles. The van der Waals surface area contributed by atoms with Crippen LogP contribution in [-0.2, 0) is 11.2 Å². The summed E-state index contributed by atoms with van der Waals surface area (Å²) >= 11 is 0. The predicted octanol–water partition coefficient (Wildman–Crippen LogP) is 2.57. The summed E-state index contributed by atoms with van der Waals surface area (Å²) < 4.78 is 13.3. The SMILES string of the molecule is CC(=O)Cc1c(C)cc(C)cc1F. The van der Waals surface area contributed by atoms with Crippen LogP contribution in [0.1, 0.15) is 23.6 Å². The van der Waals surface area contributed by atoms with Gasteiger partial charge < -0.3 is 0 Å². The zero-order chi connectivity index (χ0) is 10.0. The van der Waals surface area contributed by atoms with Gasteiger partial charge in [-0.3, -0.25) is 4.79 Å². The third-order valence-electron chi connectivity index (χ3n) is 1.99. The van der Waals surface area contributed by atoms with Gasteiger partial charge in [0.1, 0.15) is 11.6 Å². The van der Waals surface area contributed by atoms with Crippen molar-refractivity contribution in [1.82, 2.24) is 0 Å². The van der Waals surface area contributed by atoms with Gasteiger partial charge in [0.15, 0.2) is 0 Å². The van der Waals surface area contributed by atoms with E-state index in [9.17, 15) is 9.18 Å². The molecule has 0 saturated carbocycles. The maximum atomic E-state index is 13.3. The van der Waals surface area contributed by atoms with E-state index in [1.54, 1.807) is 0 Å². The van der Waals surface area contributed by atoms with Gasteiger partial charge in [-0.15, -0.1) is 0 Å². The summed E-state index contributed by atoms with van der Waals surface area (Å²) in [6, 6.07) is 3.35. The summed E-state index contributed by atoms with van der Waals surface area (Å²) in [4.78, 5) is 10.8. The fourth-order valence-corrected chi connectivity index (χ4v) is 1.42. The van der Waals surface area contributed by atoms with Crippen molar-refractivity contribution in [2.45, 2.75) is 27.2 Å². The second-order valence-electron chi connectivity index (χ2n) is 3.42. The molecule has 1 nitrogen and oxygen atoms in total. The number of hydrogen-bond acceptors (Lipinski definition) is 1. The smallest absolute Gasteiger partial charge is 0.134 e. The minimum atomic E-state index is -0.271. The number of carbonyl (C=O) groups is 1. The Morgan fingerprint density at radius 1 is 1.38 bits per heavy atom. The first kappa shape index (κ1) is 9.90. The molecule has 0 N–H and O–H groups in total. The van der Waals surface area contributed by atoms with Crippen molar-refractivity contribution in [2.75, 3.05) is 0 Å². The molecule has 1 rings (SSSR count). The van der Waals surface area contributed by atoms with E-state index in [2.05, 4.69) is 0 Å². The summed E-state index contributed by atoms with van der Waals surface area (Å²) in [5, 5.41) is 0. The Morgan fingerprint density at radius 3 is 2.46 bits per heavy atom. The lowest BCUT2D eigenvalue weighted by Gasteiger charge is -2.06. The number of rotatable bonds is 2. The number of benzene rings is 1. The normalized spacial score (nSPS) is 10.2. The van der Waals surface area contributed by atoms with E-state index >= 15 is 0 Å². The molecule has 70 valence electrons. The second-order valence-corrected chi connectivity index (χ2v) is 3.42. The minimum absolute atomic E-state index is 0.00847. The van der Waals surface area contributed by atoms with Crippen LogP contribution < -0.4 is 0 Å². The number of Topliss-reactive ketones (excluding diaryl/α,β-unsaturated/α-hetero) is 1. The van der Waals surface area contributed by atoms with E-state index in [-0.39, 0.29) is 18.0 Å². The summed E-state index contributed by atoms with van der Waals surface area (Å²) in [5.74, 6) is -0.279. The van der Waals surface area contributed by atoms with Crippen molar-refractivity contribution in [2.24, 2.45) is 0 Å². The Bertz CT molecular complexity index is 319. The van der Waals surface area contributed by atoms with Crippen molar-refractivity contribution >= 4 is 5.78 Å². The molecule has 0 atom stereocenters. The fraction of sp³-hybridized carbons (Fsp3) is 0.364. The van der Waals surface area contributed by atoms with Crippen LogP contribution >= 0.6 is 0 Å². The number of hydrogen-bond donors (Lipinski definition) is 0. The quantitative estimate of drug-likeness (QED) is 0.683. The van der Waals surface area contributed by atoms with Crippen molar-refractivity contribution in [3.8, 4) is 0 Å². The van der Waals surface area contributed by atoms with E-state index in [1.165, 1.54) is 13.0 Å². The van der Waals surface area contributed by atoms with Gasteiger partial charge in [0.05, 0.1) is 0 Å². The second kappa shape index (κ2) is 3.69. The largest absolute Gasteiger partial charge is 0.300 e. The molecule has 1 aromatic rings. The van der Waals surface area contributed by atoms with Crippen LogP contribution in [-0.4, -0.2) is 5.78 Å². The predicted molar refractivity (Wildman–Crippen MR) is 50.3 cm³/mol. The highest BCUT2D eigenvalue weighted by Gasteiger charge is 2.08. The standard InChI is InChI=1S/C11H13FO/c1-7-4-8(2)10(6-9(3)13)11(12)5-7/h4-5H,6H2,1-3H3. The van der Waals surface area contributed by atoms with E-state index < -0.39 is 0 Å². The first-order valence-electron chi connectivity index (χ1n) is 4.25. The molecule has 0 amide bonds. The Morgan fingerprint density at radius 2 is 2.00 bits per heavy atom. The zero-order valence-corrected chi connectivity index (χ0v) is 8.15. The van der Waals surface area contributed by atoms with Gasteiger partial charge in [0.2, 0.25) is 0 Å². The molecular formula is C11H13FO. The first-order chi connectivity index (χ1) is 6.00. The summed E-state index contributed by atoms with van der Waals surface area (Å²) in [6.07, 6.45) is 0.192. The first-order valence-corrected chi connectivity index (χ1v) is 4.25. The monoisotopic (exact) mass is 180 g/mol. The van der Waals surface area contributed by atoms with Gasteiger partial charge in [-0.1, -0.05) is 6.07 Å². The minimum Gasteiger partial charge on any atom is -0.300 e. The summed E-state index contributed by atoms with van der Waals surface area (Å²) in [7, 11) is 0. The van der Waals surface area contributed by atoms with E-state index in [1.807, 2.05) is 19.9 Å². The Labute approximate surface area is 77.6 Å². The molecular weight excluding hydrogens is 167 g/mol. The Kier molecular flexibility index (Phi) is 2.81. The Balaban J connectivity index is 3.13. The molecule has 0 unspecified atom stereocenters. The molecule has 0 radical (unpaired) electrons. The lowest BCUT2D eigenvalue weighted by atomic mass is 10.0. The number of halogens is 1. The highest BCUT2D eigenvalue weighted by atomic mass is 19.1. The number of ketones is 1. The van der Waals surface area contributed by atoms with Crippen molar-refractivity contribution in [3.05, 3.63) is 34.6 Å². The highest BCUT2D eigenvalue weighted by molar-refractivity contribution is 5.78.